The van der Waals surface area contributed by atoms with Gasteiger partial charge in [-0.25, -0.2) is 0 Å². The topological polar surface area (TPSA) is 57.7 Å². The lowest BCUT2D eigenvalue weighted by Crippen LogP contribution is -2.42. The molecule has 1 aromatic carbocycles. The first kappa shape index (κ1) is 18.5. The molecule has 1 atom stereocenters. The number of carbonyl (C=O) groups excluding carboxylic acids is 3. The van der Waals surface area contributed by atoms with Gasteiger partial charge in [-0.2, -0.15) is 0 Å². The van der Waals surface area contributed by atoms with Crippen LogP contribution in [-0.2, 0) is 4.79 Å². The zero-order chi connectivity index (χ0) is 19.3. The van der Waals surface area contributed by atoms with Gasteiger partial charge >= 0.3 is 0 Å². The van der Waals surface area contributed by atoms with Crippen molar-refractivity contribution in [3.05, 3.63) is 55.2 Å². The molecular formula is C19H16Cl2N2O3S. The number of aryl methyl sites for hydroxylation is 1. The number of fused-ring (bicyclic) bond motifs is 1. The van der Waals surface area contributed by atoms with Crippen molar-refractivity contribution in [3.63, 3.8) is 0 Å². The summed E-state index contributed by atoms with van der Waals surface area (Å²) in [5.41, 5.74) is 0.378. The van der Waals surface area contributed by atoms with E-state index in [2.05, 4.69) is 0 Å². The van der Waals surface area contributed by atoms with Crippen molar-refractivity contribution in [2.45, 2.75) is 25.8 Å². The average Bonchev–Trinajstić information content (AvgIpc) is 3.32. The van der Waals surface area contributed by atoms with E-state index in [4.69, 9.17) is 23.2 Å². The van der Waals surface area contributed by atoms with Gasteiger partial charge in [-0.15, -0.1) is 11.3 Å². The van der Waals surface area contributed by atoms with Crippen LogP contribution in [0.4, 0.5) is 0 Å². The van der Waals surface area contributed by atoms with E-state index in [1.807, 2.05) is 19.1 Å². The molecule has 1 aromatic heterocycles. The first-order valence-electron chi connectivity index (χ1n) is 8.58. The highest BCUT2D eigenvalue weighted by molar-refractivity contribution is 7.12. The molecule has 5 nitrogen and oxygen atoms in total. The highest BCUT2D eigenvalue weighted by Crippen LogP contribution is 2.36. The second-order valence-electron chi connectivity index (χ2n) is 6.70. The fourth-order valence-electron chi connectivity index (χ4n) is 3.65. The fraction of sp³-hybridized carbons (Fsp3) is 0.316. The summed E-state index contributed by atoms with van der Waals surface area (Å²) in [5.74, 6) is -1.25. The van der Waals surface area contributed by atoms with Gasteiger partial charge in [-0.1, -0.05) is 23.2 Å². The molecule has 1 fully saturated rings. The Labute approximate surface area is 170 Å². The Morgan fingerprint density at radius 2 is 1.78 bits per heavy atom. The lowest BCUT2D eigenvalue weighted by Gasteiger charge is -2.26. The number of halogens is 2. The summed E-state index contributed by atoms with van der Waals surface area (Å²) in [7, 11) is 0. The number of rotatable bonds is 3. The number of benzene rings is 1. The molecule has 0 spiro atoms. The molecule has 0 bridgehead atoms. The lowest BCUT2D eigenvalue weighted by molar-refractivity contribution is -0.132. The fourth-order valence-corrected chi connectivity index (χ4v) is 5.00. The maximum absolute atomic E-state index is 12.9. The van der Waals surface area contributed by atoms with Crippen molar-refractivity contribution in [3.8, 4) is 0 Å². The molecule has 1 unspecified atom stereocenters. The molecule has 2 aliphatic rings. The molecule has 0 aliphatic carbocycles. The predicted molar refractivity (Wildman–Crippen MR) is 105 cm³/mol. The van der Waals surface area contributed by atoms with Crippen LogP contribution in [0.2, 0.25) is 10.0 Å². The summed E-state index contributed by atoms with van der Waals surface area (Å²) >= 11 is 13.6. The number of thiophene rings is 1. The van der Waals surface area contributed by atoms with Crippen LogP contribution < -0.4 is 0 Å². The number of amides is 3. The Hall–Kier alpha value is -1.89. The highest BCUT2D eigenvalue weighted by Gasteiger charge is 2.40. The van der Waals surface area contributed by atoms with Gasteiger partial charge < -0.3 is 4.90 Å². The lowest BCUT2D eigenvalue weighted by atomic mass is 10.1. The van der Waals surface area contributed by atoms with Crippen LogP contribution >= 0.6 is 34.5 Å². The second kappa shape index (κ2) is 6.93. The first-order valence-corrected chi connectivity index (χ1v) is 10.1. The van der Waals surface area contributed by atoms with Crippen LogP contribution in [0.5, 0.6) is 0 Å². The number of carbonyl (C=O) groups is 3. The van der Waals surface area contributed by atoms with Gasteiger partial charge in [0.05, 0.1) is 27.2 Å². The highest BCUT2D eigenvalue weighted by atomic mass is 35.5. The Morgan fingerprint density at radius 3 is 2.33 bits per heavy atom. The van der Waals surface area contributed by atoms with Crippen molar-refractivity contribution in [1.82, 2.24) is 9.80 Å². The summed E-state index contributed by atoms with van der Waals surface area (Å²) in [4.78, 5) is 43.2. The molecule has 140 valence electrons. The van der Waals surface area contributed by atoms with E-state index in [0.29, 0.717) is 6.54 Å². The van der Waals surface area contributed by atoms with Crippen LogP contribution in [0.25, 0.3) is 0 Å². The second-order valence-corrected chi connectivity index (χ2v) is 8.84. The zero-order valence-corrected chi connectivity index (χ0v) is 16.8. The molecule has 3 heterocycles. The van der Waals surface area contributed by atoms with E-state index in [9.17, 15) is 14.4 Å². The molecule has 1 saturated heterocycles. The minimum absolute atomic E-state index is 0.00951. The van der Waals surface area contributed by atoms with E-state index < -0.39 is 11.8 Å². The maximum atomic E-state index is 12.9. The monoisotopic (exact) mass is 422 g/mol. The van der Waals surface area contributed by atoms with Crippen LogP contribution in [0.1, 0.15) is 49.4 Å². The minimum atomic E-state index is -0.510. The van der Waals surface area contributed by atoms with Crippen LogP contribution in [0.3, 0.4) is 0 Å². The Kier molecular flexibility index (Phi) is 4.74. The molecule has 8 heteroatoms. The smallest absolute Gasteiger partial charge is 0.262 e. The molecule has 4 rings (SSSR count). The SMILES string of the molecule is Cc1ccc(C2CCCN2C(=O)CN2C(=O)c3cc(Cl)c(Cl)cc3C2=O)s1. The van der Waals surface area contributed by atoms with Crippen molar-refractivity contribution in [2.75, 3.05) is 13.1 Å². The van der Waals surface area contributed by atoms with E-state index >= 15 is 0 Å². The van der Waals surface area contributed by atoms with Gasteiger partial charge in [0, 0.05) is 16.3 Å². The van der Waals surface area contributed by atoms with E-state index in [-0.39, 0.29) is 39.7 Å². The Balaban J connectivity index is 1.55. The molecule has 27 heavy (non-hydrogen) atoms. The van der Waals surface area contributed by atoms with Crippen molar-refractivity contribution < 1.29 is 14.4 Å². The number of hydrogen-bond acceptors (Lipinski definition) is 4. The van der Waals surface area contributed by atoms with Gasteiger partial charge in [0.2, 0.25) is 5.91 Å². The summed E-state index contributed by atoms with van der Waals surface area (Å²) in [5, 5.41) is 0.412. The molecule has 0 N–H and O–H groups in total. The number of likely N-dealkylation sites (tertiary alicyclic amines) is 1. The summed E-state index contributed by atoms with van der Waals surface area (Å²) in [6.45, 7) is 2.38. The molecule has 2 aromatic rings. The van der Waals surface area contributed by atoms with Crippen LogP contribution in [-0.4, -0.2) is 40.6 Å². The zero-order valence-electron chi connectivity index (χ0n) is 14.5. The average molecular weight is 423 g/mol. The van der Waals surface area contributed by atoms with E-state index in [1.54, 1.807) is 16.2 Å². The van der Waals surface area contributed by atoms with Crippen LogP contribution in [0, 0.1) is 6.92 Å². The normalized spacial score (nSPS) is 19.1. The molecule has 0 saturated carbocycles. The minimum Gasteiger partial charge on any atom is -0.333 e. The maximum Gasteiger partial charge on any atom is 0.262 e. The third kappa shape index (κ3) is 3.16. The summed E-state index contributed by atoms with van der Waals surface area (Å²) < 4.78 is 0. The molecular weight excluding hydrogens is 407 g/mol. The van der Waals surface area contributed by atoms with Gasteiger partial charge in [-0.3, -0.25) is 19.3 Å². The third-order valence-electron chi connectivity index (χ3n) is 4.97. The van der Waals surface area contributed by atoms with Crippen molar-refractivity contribution in [1.29, 1.82) is 0 Å². The largest absolute Gasteiger partial charge is 0.333 e. The molecule has 3 amide bonds. The van der Waals surface area contributed by atoms with E-state index in [0.717, 1.165) is 22.6 Å². The standard InChI is InChI=1S/C19H16Cl2N2O3S/c1-10-4-5-16(27-10)15-3-2-6-22(15)17(24)9-23-18(25)11-7-13(20)14(21)8-12(11)19(23)26/h4-5,7-8,15H,2-3,6,9H2,1H3. The van der Waals surface area contributed by atoms with Gasteiger partial charge in [0.15, 0.2) is 0 Å². The molecule has 2 aliphatic heterocycles. The summed E-state index contributed by atoms with van der Waals surface area (Å²) in [6.07, 6.45) is 1.79. The van der Waals surface area contributed by atoms with Crippen LogP contribution in [0.15, 0.2) is 24.3 Å². The quantitative estimate of drug-likeness (QED) is 0.691. The Morgan fingerprint density at radius 1 is 1.15 bits per heavy atom. The molecule has 0 radical (unpaired) electrons. The van der Waals surface area contributed by atoms with E-state index in [1.165, 1.54) is 17.0 Å². The van der Waals surface area contributed by atoms with Crippen molar-refractivity contribution >= 4 is 52.3 Å². The third-order valence-corrected chi connectivity index (χ3v) is 6.79. The van der Waals surface area contributed by atoms with Crippen molar-refractivity contribution in [2.24, 2.45) is 0 Å². The number of imide groups is 1. The van der Waals surface area contributed by atoms with Gasteiger partial charge in [0.1, 0.15) is 6.54 Å². The first-order chi connectivity index (χ1) is 12.9. The number of hydrogen-bond donors (Lipinski definition) is 0. The van der Waals surface area contributed by atoms with Gasteiger partial charge in [0.25, 0.3) is 11.8 Å². The van der Waals surface area contributed by atoms with Gasteiger partial charge in [-0.05, 0) is 44.0 Å². The predicted octanol–water partition coefficient (Wildman–Crippen LogP) is 4.32. The number of nitrogens with zero attached hydrogens (tertiary/aromatic N) is 2. The summed E-state index contributed by atoms with van der Waals surface area (Å²) in [6, 6.07) is 6.87. The Bertz CT molecular complexity index is 931.